The van der Waals surface area contributed by atoms with Gasteiger partial charge < -0.3 is 5.32 Å². The summed E-state index contributed by atoms with van der Waals surface area (Å²) in [5.41, 5.74) is 3.44. The molecule has 0 radical (unpaired) electrons. The molecule has 0 bridgehead atoms. The minimum Gasteiger partial charge on any atom is -0.332 e. The molecule has 1 aromatic heterocycles. The van der Waals surface area contributed by atoms with Crippen LogP contribution < -0.4 is 5.32 Å². The monoisotopic (exact) mass is 346 g/mol. The van der Waals surface area contributed by atoms with Crippen LogP contribution in [-0.2, 0) is 0 Å². The molecule has 1 N–H and O–H groups in total. The summed E-state index contributed by atoms with van der Waals surface area (Å²) in [6, 6.07) is 14.7. The van der Waals surface area contributed by atoms with Crippen LogP contribution in [0.5, 0.6) is 0 Å². The molecular formula is C16H15BrN2S. The number of rotatable bonds is 3. The van der Waals surface area contributed by atoms with Crippen molar-refractivity contribution in [3.05, 3.63) is 52.5 Å². The highest BCUT2D eigenvalue weighted by molar-refractivity contribution is 9.10. The van der Waals surface area contributed by atoms with Crippen LogP contribution >= 0.6 is 27.3 Å². The zero-order valence-corrected chi connectivity index (χ0v) is 13.8. The third kappa shape index (κ3) is 2.86. The highest BCUT2D eigenvalue weighted by Gasteiger charge is 2.06. The van der Waals surface area contributed by atoms with E-state index in [0.29, 0.717) is 5.92 Å². The van der Waals surface area contributed by atoms with Crippen molar-refractivity contribution in [2.75, 3.05) is 5.32 Å². The second kappa shape index (κ2) is 5.54. The van der Waals surface area contributed by atoms with Crippen LogP contribution in [0.15, 0.2) is 46.9 Å². The smallest absolute Gasteiger partial charge is 0.188 e. The quantitative estimate of drug-likeness (QED) is 0.635. The van der Waals surface area contributed by atoms with Gasteiger partial charge in [0.25, 0.3) is 0 Å². The first kappa shape index (κ1) is 13.6. The van der Waals surface area contributed by atoms with Gasteiger partial charge >= 0.3 is 0 Å². The Bertz CT molecular complexity index is 749. The van der Waals surface area contributed by atoms with Crippen LogP contribution in [0.1, 0.15) is 25.3 Å². The zero-order valence-electron chi connectivity index (χ0n) is 11.4. The van der Waals surface area contributed by atoms with Gasteiger partial charge in [0, 0.05) is 10.2 Å². The number of nitrogens with zero attached hydrogens (tertiary/aromatic N) is 1. The average Bonchev–Trinajstić information content (AvgIpc) is 2.80. The minimum absolute atomic E-state index is 0.531. The predicted molar refractivity (Wildman–Crippen MR) is 91.1 cm³/mol. The molecule has 4 heteroatoms. The largest absolute Gasteiger partial charge is 0.332 e. The number of nitrogens with one attached hydrogen (secondary N) is 1. The van der Waals surface area contributed by atoms with Crippen molar-refractivity contribution in [2.24, 2.45) is 0 Å². The van der Waals surface area contributed by atoms with Gasteiger partial charge in [0.05, 0.1) is 10.2 Å². The first-order valence-electron chi connectivity index (χ1n) is 6.55. The molecule has 2 nitrogen and oxygen atoms in total. The minimum atomic E-state index is 0.531. The molecule has 0 spiro atoms. The van der Waals surface area contributed by atoms with E-state index in [1.807, 2.05) is 12.1 Å². The summed E-state index contributed by atoms with van der Waals surface area (Å²) in [5, 5.41) is 4.33. The number of thiazole rings is 1. The first-order valence-corrected chi connectivity index (χ1v) is 8.16. The lowest BCUT2D eigenvalue weighted by Gasteiger charge is -2.08. The van der Waals surface area contributed by atoms with Gasteiger partial charge in [-0.2, -0.15) is 0 Å². The van der Waals surface area contributed by atoms with Gasteiger partial charge in [-0.3, -0.25) is 0 Å². The van der Waals surface area contributed by atoms with E-state index in [9.17, 15) is 0 Å². The van der Waals surface area contributed by atoms with Gasteiger partial charge in [-0.15, -0.1) is 0 Å². The number of hydrogen-bond donors (Lipinski definition) is 1. The van der Waals surface area contributed by atoms with Crippen LogP contribution in [0, 0.1) is 0 Å². The second-order valence-corrected chi connectivity index (χ2v) is 6.98. The van der Waals surface area contributed by atoms with Crippen LogP contribution in [0.3, 0.4) is 0 Å². The summed E-state index contributed by atoms with van der Waals surface area (Å²) in [6.07, 6.45) is 0. The van der Waals surface area contributed by atoms with Gasteiger partial charge in [0.2, 0.25) is 0 Å². The number of aromatic nitrogens is 1. The number of anilines is 2. The molecule has 0 fully saturated rings. The maximum absolute atomic E-state index is 4.62. The molecule has 0 unspecified atom stereocenters. The zero-order chi connectivity index (χ0) is 14.1. The lowest BCUT2D eigenvalue weighted by molar-refractivity contribution is 0.867. The van der Waals surface area contributed by atoms with Crippen molar-refractivity contribution >= 4 is 48.3 Å². The van der Waals surface area contributed by atoms with Crippen molar-refractivity contribution < 1.29 is 0 Å². The van der Waals surface area contributed by atoms with E-state index in [1.54, 1.807) is 11.3 Å². The Morgan fingerprint density at radius 3 is 2.80 bits per heavy atom. The fourth-order valence-corrected chi connectivity index (χ4v) is 3.27. The maximum Gasteiger partial charge on any atom is 0.188 e. The number of fused-ring (bicyclic) bond motifs is 1. The molecule has 102 valence electrons. The predicted octanol–water partition coefficient (Wildman–Crippen LogP) is 5.93. The summed E-state index contributed by atoms with van der Waals surface area (Å²) in [7, 11) is 0. The molecule has 0 amide bonds. The Kier molecular flexibility index (Phi) is 3.76. The topological polar surface area (TPSA) is 24.9 Å². The summed E-state index contributed by atoms with van der Waals surface area (Å²) in [5.74, 6) is 0.531. The van der Waals surface area contributed by atoms with Crippen molar-refractivity contribution in [3.63, 3.8) is 0 Å². The van der Waals surface area contributed by atoms with E-state index in [-0.39, 0.29) is 0 Å². The molecule has 3 rings (SSSR count). The SMILES string of the molecule is CC(C)c1cccc(Nc2nc3cc(Br)ccc3s2)c1. The van der Waals surface area contributed by atoms with Gasteiger partial charge in [-0.25, -0.2) is 4.98 Å². The Balaban J connectivity index is 1.90. The van der Waals surface area contributed by atoms with Gasteiger partial charge in [-0.05, 0) is 41.8 Å². The van der Waals surface area contributed by atoms with E-state index in [1.165, 1.54) is 10.3 Å². The molecule has 0 aliphatic heterocycles. The second-order valence-electron chi connectivity index (χ2n) is 5.04. The van der Waals surface area contributed by atoms with Gasteiger partial charge in [0.15, 0.2) is 5.13 Å². The molecule has 0 saturated heterocycles. The van der Waals surface area contributed by atoms with Crippen LogP contribution in [0.25, 0.3) is 10.2 Å². The first-order chi connectivity index (χ1) is 9.61. The van der Waals surface area contributed by atoms with E-state index in [2.05, 4.69) is 70.4 Å². The van der Waals surface area contributed by atoms with E-state index >= 15 is 0 Å². The van der Waals surface area contributed by atoms with Crippen LogP contribution in [0.4, 0.5) is 10.8 Å². The third-order valence-electron chi connectivity index (χ3n) is 3.15. The molecular weight excluding hydrogens is 332 g/mol. The lowest BCUT2D eigenvalue weighted by atomic mass is 10.0. The van der Waals surface area contributed by atoms with Gasteiger partial charge in [0.1, 0.15) is 0 Å². The summed E-state index contributed by atoms with van der Waals surface area (Å²) >= 11 is 5.15. The fraction of sp³-hybridized carbons (Fsp3) is 0.188. The highest BCUT2D eigenvalue weighted by Crippen LogP contribution is 2.30. The highest BCUT2D eigenvalue weighted by atomic mass is 79.9. The average molecular weight is 347 g/mol. The van der Waals surface area contributed by atoms with Crippen molar-refractivity contribution in [3.8, 4) is 0 Å². The Morgan fingerprint density at radius 1 is 1.15 bits per heavy atom. The summed E-state index contributed by atoms with van der Waals surface area (Å²) in [6.45, 7) is 4.41. The van der Waals surface area contributed by atoms with Crippen molar-refractivity contribution in [2.45, 2.75) is 19.8 Å². The van der Waals surface area contributed by atoms with E-state index in [4.69, 9.17) is 0 Å². The van der Waals surface area contributed by atoms with E-state index in [0.717, 1.165) is 20.8 Å². The Hall–Kier alpha value is -1.39. The standard InChI is InChI=1S/C16H15BrN2S/c1-10(2)11-4-3-5-13(8-11)18-16-19-14-9-12(17)6-7-15(14)20-16/h3-10H,1-2H3,(H,18,19). The fourth-order valence-electron chi connectivity index (χ4n) is 2.05. The maximum atomic E-state index is 4.62. The van der Waals surface area contributed by atoms with Crippen molar-refractivity contribution in [1.82, 2.24) is 4.98 Å². The molecule has 0 saturated carbocycles. The third-order valence-corrected chi connectivity index (χ3v) is 4.60. The van der Waals surface area contributed by atoms with Gasteiger partial charge in [-0.1, -0.05) is 53.2 Å². The van der Waals surface area contributed by atoms with Crippen LogP contribution in [-0.4, -0.2) is 4.98 Å². The molecule has 2 aromatic carbocycles. The Labute approximate surface area is 131 Å². The van der Waals surface area contributed by atoms with Crippen molar-refractivity contribution in [1.29, 1.82) is 0 Å². The Morgan fingerprint density at radius 2 is 2.00 bits per heavy atom. The normalized spacial score (nSPS) is 11.2. The lowest BCUT2D eigenvalue weighted by Crippen LogP contribution is -1.92. The summed E-state index contributed by atoms with van der Waals surface area (Å²) in [4.78, 5) is 4.62. The number of benzene rings is 2. The molecule has 3 aromatic rings. The molecule has 0 aliphatic carbocycles. The number of hydrogen-bond acceptors (Lipinski definition) is 3. The molecule has 1 heterocycles. The molecule has 20 heavy (non-hydrogen) atoms. The van der Waals surface area contributed by atoms with Crippen LogP contribution in [0.2, 0.25) is 0 Å². The molecule has 0 atom stereocenters. The molecule has 0 aliphatic rings. The number of halogens is 1. The van der Waals surface area contributed by atoms with E-state index < -0.39 is 0 Å². The summed E-state index contributed by atoms with van der Waals surface area (Å²) < 4.78 is 2.25.